The SMILES string of the molecule is O=S1(=O)CCC(C(CNC2CC2)Cc2ccc(Br)cn2)C1. The van der Waals surface area contributed by atoms with Crippen molar-refractivity contribution in [2.45, 2.75) is 31.7 Å². The Labute approximate surface area is 134 Å². The molecule has 4 nitrogen and oxygen atoms in total. The number of hydrogen-bond acceptors (Lipinski definition) is 4. The molecule has 3 rings (SSSR count). The lowest BCUT2D eigenvalue weighted by Gasteiger charge is -2.23. The minimum absolute atomic E-state index is 0.270. The topological polar surface area (TPSA) is 59.1 Å². The zero-order valence-corrected chi connectivity index (χ0v) is 14.4. The zero-order chi connectivity index (χ0) is 14.9. The van der Waals surface area contributed by atoms with Gasteiger partial charge >= 0.3 is 0 Å². The van der Waals surface area contributed by atoms with Crippen molar-refractivity contribution in [1.29, 1.82) is 0 Å². The maximum absolute atomic E-state index is 11.8. The van der Waals surface area contributed by atoms with Crippen molar-refractivity contribution in [3.05, 3.63) is 28.5 Å². The molecule has 2 heterocycles. The summed E-state index contributed by atoms with van der Waals surface area (Å²) >= 11 is 3.40. The van der Waals surface area contributed by atoms with E-state index in [1.807, 2.05) is 18.3 Å². The number of sulfone groups is 1. The highest BCUT2D eigenvalue weighted by Gasteiger charge is 2.34. The van der Waals surface area contributed by atoms with Crippen molar-refractivity contribution in [1.82, 2.24) is 10.3 Å². The van der Waals surface area contributed by atoms with E-state index in [2.05, 4.69) is 26.2 Å². The lowest BCUT2D eigenvalue weighted by Crippen LogP contribution is -2.32. The van der Waals surface area contributed by atoms with Gasteiger partial charge in [0.2, 0.25) is 0 Å². The summed E-state index contributed by atoms with van der Waals surface area (Å²) < 4.78 is 24.5. The van der Waals surface area contributed by atoms with Gasteiger partial charge in [-0.05, 0) is 72.1 Å². The number of nitrogens with zero attached hydrogens (tertiary/aromatic N) is 1. The van der Waals surface area contributed by atoms with E-state index in [1.54, 1.807) is 0 Å². The van der Waals surface area contributed by atoms with Crippen molar-refractivity contribution in [2.75, 3.05) is 18.1 Å². The van der Waals surface area contributed by atoms with Crippen LogP contribution in [0.1, 0.15) is 25.0 Å². The monoisotopic (exact) mass is 372 g/mol. The summed E-state index contributed by atoms with van der Waals surface area (Å²) in [5, 5.41) is 3.56. The van der Waals surface area contributed by atoms with Gasteiger partial charge in [0, 0.05) is 22.4 Å². The van der Waals surface area contributed by atoms with E-state index in [9.17, 15) is 8.42 Å². The molecule has 1 aromatic heterocycles. The van der Waals surface area contributed by atoms with Crippen LogP contribution in [0.3, 0.4) is 0 Å². The summed E-state index contributed by atoms with van der Waals surface area (Å²) in [6.45, 7) is 0.905. The van der Waals surface area contributed by atoms with Gasteiger partial charge < -0.3 is 5.32 Å². The van der Waals surface area contributed by atoms with Crippen molar-refractivity contribution in [3.63, 3.8) is 0 Å². The first kappa shape index (κ1) is 15.4. The molecule has 0 radical (unpaired) electrons. The number of halogens is 1. The van der Waals surface area contributed by atoms with Crippen molar-refractivity contribution in [3.8, 4) is 0 Å². The van der Waals surface area contributed by atoms with E-state index >= 15 is 0 Å². The quantitative estimate of drug-likeness (QED) is 0.831. The van der Waals surface area contributed by atoms with Gasteiger partial charge in [-0.3, -0.25) is 4.98 Å². The summed E-state index contributed by atoms with van der Waals surface area (Å²) in [6, 6.07) is 4.68. The highest BCUT2D eigenvalue weighted by atomic mass is 79.9. The fraction of sp³-hybridized carbons (Fsp3) is 0.667. The Morgan fingerprint density at radius 2 is 2.14 bits per heavy atom. The van der Waals surface area contributed by atoms with Gasteiger partial charge in [-0.1, -0.05) is 0 Å². The van der Waals surface area contributed by atoms with E-state index in [-0.39, 0.29) is 5.92 Å². The van der Waals surface area contributed by atoms with Gasteiger partial charge in [0.05, 0.1) is 11.5 Å². The molecule has 21 heavy (non-hydrogen) atoms. The molecule has 6 heteroatoms. The van der Waals surface area contributed by atoms with E-state index in [0.717, 1.165) is 29.6 Å². The molecule has 1 saturated heterocycles. The second-order valence-corrected chi connectivity index (χ2v) is 9.42. The van der Waals surface area contributed by atoms with Crippen LogP contribution < -0.4 is 5.32 Å². The molecule has 0 spiro atoms. The Bertz CT molecular complexity index is 584. The van der Waals surface area contributed by atoms with Crippen LogP contribution in [-0.2, 0) is 16.3 Å². The third kappa shape index (κ3) is 4.50. The first-order valence-electron chi connectivity index (χ1n) is 7.56. The van der Waals surface area contributed by atoms with Gasteiger partial charge in [0.1, 0.15) is 0 Å². The van der Waals surface area contributed by atoms with Gasteiger partial charge in [-0.2, -0.15) is 0 Å². The van der Waals surface area contributed by atoms with Crippen LogP contribution in [0.2, 0.25) is 0 Å². The van der Waals surface area contributed by atoms with Crippen LogP contribution in [0.25, 0.3) is 0 Å². The number of rotatable bonds is 6. The molecular weight excluding hydrogens is 352 g/mol. The number of nitrogens with one attached hydrogen (secondary N) is 1. The molecule has 2 unspecified atom stereocenters. The zero-order valence-electron chi connectivity index (χ0n) is 12.0. The lowest BCUT2D eigenvalue weighted by molar-refractivity contribution is 0.340. The predicted molar refractivity (Wildman–Crippen MR) is 86.9 cm³/mol. The summed E-state index contributed by atoms with van der Waals surface area (Å²) in [5.74, 6) is 1.33. The molecule has 2 fully saturated rings. The first-order chi connectivity index (χ1) is 10.0. The Balaban J connectivity index is 1.67. The van der Waals surface area contributed by atoms with Gasteiger partial charge in [-0.25, -0.2) is 8.42 Å². The fourth-order valence-corrected chi connectivity index (χ4v) is 5.16. The average Bonchev–Trinajstić information content (AvgIpc) is 3.20. The molecule has 2 atom stereocenters. The highest BCUT2D eigenvalue weighted by Crippen LogP contribution is 2.29. The molecule has 1 aliphatic heterocycles. The molecular formula is C15H21BrN2O2S. The number of hydrogen-bond donors (Lipinski definition) is 1. The highest BCUT2D eigenvalue weighted by molar-refractivity contribution is 9.10. The normalized spacial score (nSPS) is 25.9. The minimum atomic E-state index is -2.82. The molecule has 0 bridgehead atoms. The second kappa shape index (κ2) is 6.34. The van der Waals surface area contributed by atoms with Crippen LogP contribution >= 0.6 is 15.9 Å². The third-order valence-electron chi connectivity index (χ3n) is 4.44. The Kier molecular flexibility index (Phi) is 4.66. The standard InChI is InChI=1S/C15H21BrN2O2S/c16-13-1-2-15(18-9-13)7-12(8-17-14-3-4-14)11-5-6-21(19,20)10-11/h1-2,9,11-12,14,17H,3-8,10H2. The van der Waals surface area contributed by atoms with E-state index in [1.165, 1.54) is 12.8 Å². The number of pyridine rings is 1. The molecule has 2 aliphatic rings. The van der Waals surface area contributed by atoms with Gasteiger partial charge in [0.25, 0.3) is 0 Å². The summed E-state index contributed by atoms with van der Waals surface area (Å²) in [4.78, 5) is 4.44. The largest absolute Gasteiger partial charge is 0.314 e. The third-order valence-corrected chi connectivity index (χ3v) is 6.70. The molecule has 1 saturated carbocycles. The molecule has 1 aromatic rings. The van der Waals surface area contributed by atoms with Crippen LogP contribution in [0.5, 0.6) is 0 Å². The Hall–Kier alpha value is -0.460. The van der Waals surface area contributed by atoms with Gasteiger partial charge in [0.15, 0.2) is 9.84 Å². The molecule has 1 N–H and O–H groups in total. The van der Waals surface area contributed by atoms with Crippen molar-refractivity contribution in [2.24, 2.45) is 11.8 Å². The summed E-state index contributed by atoms with van der Waals surface area (Å²) in [5.41, 5.74) is 1.05. The average molecular weight is 373 g/mol. The first-order valence-corrected chi connectivity index (χ1v) is 10.2. The summed E-state index contributed by atoms with van der Waals surface area (Å²) in [6.07, 6.45) is 5.98. The Morgan fingerprint density at radius 1 is 1.33 bits per heavy atom. The maximum atomic E-state index is 11.8. The van der Waals surface area contributed by atoms with Crippen molar-refractivity contribution >= 4 is 25.8 Å². The van der Waals surface area contributed by atoms with Crippen LogP contribution in [0.15, 0.2) is 22.8 Å². The second-order valence-electron chi connectivity index (χ2n) is 6.28. The maximum Gasteiger partial charge on any atom is 0.150 e. The van der Waals surface area contributed by atoms with E-state index < -0.39 is 9.84 Å². The lowest BCUT2D eigenvalue weighted by atomic mass is 9.87. The Morgan fingerprint density at radius 3 is 2.71 bits per heavy atom. The van der Waals surface area contributed by atoms with Crippen molar-refractivity contribution < 1.29 is 8.42 Å². The minimum Gasteiger partial charge on any atom is -0.314 e. The van der Waals surface area contributed by atoms with E-state index in [4.69, 9.17) is 0 Å². The van der Waals surface area contributed by atoms with Gasteiger partial charge in [-0.15, -0.1) is 0 Å². The van der Waals surface area contributed by atoms with Crippen LogP contribution in [-0.4, -0.2) is 37.5 Å². The molecule has 116 valence electrons. The molecule has 1 aliphatic carbocycles. The fourth-order valence-electron chi connectivity index (χ4n) is 3.00. The van der Waals surface area contributed by atoms with E-state index in [0.29, 0.717) is 23.5 Å². The number of aromatic nitrogens is 1. The smallest absolute Gasteiger partial charge is 0.150 e. The predicted octanol–water partition coefficient (Wildman–Crippen LogP) is 2.19. The molecule has 0 amide bonds. The van der Waals surface area contributed by atoms with Crippen LogP contribution in [0.4, 0.5) is 0 Å². The summed E-state index contributed by atoms with van der Waals surface area (Å²) in [7, 11) is -2.82. The van der Waals surface area contributed by atoms with Crippen LogP contribution in [0, 0.1) is 11.8 Å². The molecule has 0 aromatic carbocycles.